The number of carbonyl (C=O) groups is 1. The largest absolute Gasteiger partial charge is 0.508 e. The number of benzene rings is 2. The lowest BCUT2D eigenvalue weighted by atomic mass is 9.84. The van der Waals surface area contributed by atoms with E-state index in [0.29, 0.717) is 6.42 Å². The normalized spacial score (nSPS) is 11.2. The van der Waals surface area contributed by atoms with Crippen LogP contribution in [0.15, 0.2) is 54.6 Å². The van der Waals surface area contributed by atoms with Gasteiger partial charge in [0.25, 0.3) is 0 Å². The van der Waals surface area contributed by atoms with Crippen molar-refractivity contribution in [3.63, 3.8) is 0 Å². The molecule has 0 aromatic heterocycles. The molecule has 0 saturated heterocycles. The fourth-order valence-corrected chi connectivity index (χ4v) is 2.43. The van der Waals surface area contributed by atoms with E-state index in [1.807, 2.05) is 44.2 Å². The Kier molecular flexibility index (Phi) is 4.32. The minimum Gasteiger partial charge on any atom is -0.508 e. The van der Waals surface area contributed by atoms with Gasteiger partial charge in [0.1, 0.15) is 5.75 Å². The van der Waals surface area contributed by atoms with Gasteiger partial charge >= 0.3 is 0 Å². The number of hydrogen-bond donors (Lipinski definition) is 1. The van der Waals surface area contributed by atoms with Crippen LogP contribution < -0.4 is 4.90 Å². The lowest BCUT2D eigenvalue weighted by Crippen LogP contribution is -2.39. The molecule has 21 heavy (non-hydrogen) atoms. The molecular weight excluding hydrogens is 262 g/mol. The number of phenolic OH excluding ortho intramolecular Hbond substituents is 1. The minimum atomic E-state index is -0.492. The quantitative estimate of drug-likeness (QED) is 0.931. The van der Waals surface area contributed by atoms with Crippen LogP contribution in [0.3, 0.4) is 0 Å². The molecule has 3 nitrogen and oxygen atoms in total. The molecule has 0 atom stereocenters. The highest BCUT2D eigenvalue weighted by molar-refractivity contribution is 5.96. The van der Waals surface area contributed by atoms with Gasteiger partial charge in [-0.15, -0.1) is 0 Å². The number of rotatable bonds is 4. The average Bonchev–Trinajstić information content (AvgIpc) is 2.47. The van der Waals surface area contributed by atoms with Crippen molar-refractivity contribution in [2.24, 2.45) is 5.41 Å². The maximum absolute atomic E-state index is 12.7. The molecule has 0 saturated carbocycles. The molecule has 1 amide bonds. The summed E-state index contributed by atoms with van der Waals surface area (Å²) in [5.41, 5.74) is 1.43. The minimum absolute atomic E-state index is 0.0528. The van der Waals surface area contributed by atoms with Crippen molar-refractivity contribution in [2.75, 3.05) is 11.9 Å². The maximum Gasteiger partial charge on any atom is 0.232 e. The van der Waals surface area contributed by atoms with Gasteiger partial charge in [0.05, 0.1) is 0 Å². The maximum atomic E-state index is 12.7. The average molecular weight is 283 g/mol. The van der Waals surface area contributed by atoms with Crippen LogP contribution in [0, 0.1) is 5.41 Å². The van der Waals surface area contributed by atoms with E-state index in [1.165, 1.54) is 0 Å². The van der Waals surface area contributed by atoms with Crippen molar-refractivity contribution >= 4 is 11.6 Å². The topological polar surface area (TPSA) is 40.5 Å². The molecule has 0 aliphatic heterocycles. The molecule has 2 aromatic carbocycles. The van der Waals surface area contributed by atoms with Crippen LogP contribution in [0.4, 0.5) is 5.69 Å². The van der Waals surface area contributed by atoms with Crippen LogP contribution in [-0.2, 0) is 11.2 Å². The standard InChI is InChI=1S/C18H21NO2/c1-18(2,13-14-7-5-4-6-8-14)17(21)19(3)15-9-11-16(20)12-10-15/h4-12,20H,13H2,1-3H3. The first kappa shape index (κ1) is 15.1. The zero-order chi connectivity index (χ0) is 15.5. The Bertz CT molecular complexity index is 603. The van der Waals surface area contributed by atoms with Crippen molar-refractivity contribution in [1.82, 2.24) is 0 Å². The highest BCUT2D eigenvalue weighted by Gasteiger charge is 2.31. The van der Waals surface area contributed by atoms with E-state index >= 15 is 0 Å². The molecule has 2 aromatic rings. The van der Waals surface area contributed by atoms with Gasteiger partial charge in [0.15, 0.2) is 0 Å². The molecular formula is C18H21NO2. The van der Waals surface area contributed by atoms with Crippen LogP contribution in [-0.4, -0.2) is 18.1 Å². The van der Waals surface area contributed by atoms with Gasteiger partial charge in [0.2, 0.25) is 5.91 Å². The van der Waals surface area contributed by atoms with Crippen molar-refractivity contribution in [2.45, 2.75) is 20.3 Å². The number of anilines is 1. The van der Waals surface area contributed by atoms with Gasteiger partial charge in [-0.3, -0.25) is 4.79 Å². The number of aromatic hydroxyl groups is 1. The molecule has 0 bridgehead atoms. The molecule has 0 heterocycles. The van der Waals surface area contributed by atoms with E-state index in [1.54, 1.807) is 36.2 Å². The summed E-state index contributed by atoms with van der Waals surface area (Å²) in [5, 5.41) is 9.33. The molecule has 0 spiro atoms. The van der Waals surface area contributed by atoms with Gasteiger partial charge in [0, 0.05) is 18.2 Å². The number of hydrogen-bond acceptors (Lipinski definition) is 2. The monoisotopic (exact) mass is 283 g/mol. The lowest BCUT2D eigenvalue weighted by molar-refractivity contribution is -0.126. The first-order valence-electron chi connectivity index (χ1n) is 7.01. The van der Waals surface area contributed by atoms with Crippen LogP contribution in [0.2, 0.25) is 0 Å². The highest BCUT2D eigenvalue weighted by Crippen LogP contribution is 2.27. The fraction of sp³-hybridized carbons (Fsp3) is 0.278. The summed E-state index contributed by atoms with van der Waals surface area (Å²) in [6.07, 6.45) is 0.690. The second-order valence-electron chi connectivity index (χ2n) is 5.93. The summed E-state index contributed by atoms with van der Waals surface area (Å²) in [4.78, 5) is 14.4. The molecule has 1 N–H and O–H groups in total. The SMILES string of the molecule is CN(C(=O)C(C)(C)Cc1ccccc1)c1ccc(O)cc1. The van der Waals surface area contributed by atoms with Crippen molar-refractivity contribution in [3.8, 4) is 5.75 Å². The molecule has 2 rings (SSSR count). The second-order valence-corrected chi connectivity index (χ2v) is 5.93. The van der Waals surface area contributed by atoms with Gasteiger partial charge in [-0.2, -0.15) is 0 Å². The third-order valence-electron chi connectivity index (χ3n) is 3.61. The molecule has 110 valence electrons. The van der Waals surface area contributed by atoms with Crippen molar-refractivity contribution < 1.29 is 9.90 Å². The van der Waals surface area contributed by atoms with Gasteiger partial charge in [-0.25, -0.2) is 0 Å². The third-order valence-corrected chi connectivity index (χ3v) is 3.61. The van der Waals surface area contributed by atoms with Crippen LogP contribution in [0.5, 0.6) is 5.75 Å². The van der Waals surface area contributed by atoms with E-state index in [-0.39, 0.29) is 11.7 Å². The Morgan fingerprint density at radius 1 is 1.05 bits per heavy atom. The Balaban J connectivity index is 2.15. The van der Waals surface area contributed by atoms with Crippen LogP contribution in [0.25, 0.3) is 0 Å². The summed E-state index contributed by atoms with van der Waals surface area (Å²) in [6, 6.07) is 16.7. The Morgan fingerprint density at radius 3 is 2.19 bits per heavy atom. The lowest BCUT2D eigenvalue weighted by Gasteiger charge is -2.29. The van der Waals surface area contributed by atoms with Gasteiger partial charge < -0.3 is 10.0 Å². The van der Waals surface area contributed by atoms with E-state index in [2.05, 4.69) is 0 Å². The van der Waals surface area contributed by atoms with Gasteiger partial charge in [-0.1, -0.05) is 44.2 Å². The van der Waals surface area contributed by atoms with Crippen molar-refractivity contribution in [1.29, 1.82) is 0 Å². The van der Waals surface area contributed by atoms with Crippen molar-refractivity contribution in [3.05, 3.63) is 60.2 Å². The fourth-order valence-electron chi connectivity index (χ4n) is 2.43. The van der Waals surface area contributed by atoms with E-state index in [4.69, 9.17) is 0 Å². The molecule has 0 unspecified atom stereocenters. The second kappa shape index (κ2) is 6.00. The number of phenols is 1. The zero-order valence-electron chi connectivity index (χ0n) is 12.7. The molecule has 3 heteroatoms. The predicted octanol–water partition coefficient (Wildman–Crippen LogP) is 3.62. The smallest absolute Gasteiger partial charge is 0.232 e. The Labute approximate surface area is 125 Å². The van der Waals surface area contributed by atoms with Crippen LogP contribution >= 0.6 is 0 Å². The van der Waals surface area contributed by atoms with E-state index in [9.17, 15) is 9.90 Å². The van der Waals surface area contributed by atoms with E-state index < -0.39 is 5.41 Å². The summed E-state index contributed by atoms with van der Waals surface area (Å²) in [6.45, 7) is 3.92. The predicted molar refractivity (Wildman–Crippen MR) is 85.4 cm³/mol. The first-order chi connectivity index (χ1) is 9.90. The first-order valence-corrected chi connectivity index (χ1v) is 7.01. The Morgan fingerprint density at radius 2 is 1.62 bits per heavy atom. The molecule has 0 aliphatic carbocycles. The molecule has 0 radical (unpaired) electrons. The molecule has 0 aliphatic rings. The van der Waals surface area contributed by atoms with E-state index in [0.717, 1.165) is 11.3 Å². The summed E-state index contributed by atoms with van der Waals surface area (Å²) in [5.74, 6) is 0.250. The zero-order valence-corrected chi connectivity index (χ0v) is 12.7. The Hall–Kier alpha value is -2.29. The summed E-state index contributed by atoms with van der Waals surface area (Å²) < 4.78 is 0. The number of carbonyl (C=O) groups excluding carboxylic acids is 1. The third kappa shape index (κ3) is 3.63. The summed E-state index contributed by atoms with van der Waals surface area (Å²) >= 11 is 0. The van der Waals surface area contributed by atoms with Crippen LogP contribution in [0.1, 0.15) is 19.4 Å². The van der Waals surface area contributed by atoms with Gasteiger partial charge in [-0.05, 0) is 36.2 Å². The number of nitrogens with zero attached hydrogens (tertiary/aromatic N) is 1. The highest BCUT2D eigenvalue weighted by atomic mass is 16.3. The molecule has 0 fully saturated rings. The number of amides is 1. The summed E-state index contributed by atoms with van der Waals surface area (Å²) in [7, 11) is 1.77.